The molecule has 0 aromatic heterocycles. The number of rotatable bonds is 7. The number of likely N-dealkylation sites (tertiary alicyclic amines) is 1. The highest BCUT2D eigenvalue weighted by molar-refractivity contribution is 5.44. The summed E-state index contributed by atoms with van der Waals surface area (Å²) in [4.78, 5) is 4.88. The van der Waals surface area contributed by atoms with Crippen molar-refractivity contribution in [3.05, 3.63) is 53.1 Å². The van der Waals surface area contributed by atoms with E-state index in [0.717, 1.165) is 30.3 Å². The monoisotopic (exact) mass is 396 g/mol. The van der Waals surface area contributed by atoms with Crippen molar-refractivity contribution in [3.8, 4) is 17.2 Å². The summed E-state index contributed by atoms with van der Waals surface area (Å²) in [6.07, 6.45) is 2.61. The fourth-order valence-corrected chi connectivity index (χ4v) is 4.23. The fourth-order valence-electron chi connectivity index (χ4n) is 4.23. The Hall–Kier alpha value is -2.24. The molecule has 1 saturated heterocycles. The maximum Gasteiger partial charge on any atom is 0.161 e. The van der Waals surface area contributed by atoms with Gasteiger partial charge >= 0.3 is 0 Å². The van der Waals surface area contributed by atoms with E-state index in [-0.39, 0.29) is 6.04 Å². The number of ether oxygens (including phenoxy) is 3. The van der Waals surface area contributed by atoms with Gasteiger partial charge in [-0.2, -0.15) is 0 Å². The van der Waals surface area contributed by atoms with Crippen LogP contribution in [0.1, 0.15) is 42.5 Å². The van der Waals surface area contributed by atoms with E-state index in [1.54, 1.807) is 7.11 Å². The zero-order valence-electron chi connectivity index (χ0n) is 17.8. The quantitative estimate of drug-likeness (QED) is 0.699. The SMILES string of the molecule is COc1ccc(CN(C)C(C)c2ccc3c(c2)OCCO3)cc1CN1CCCC1. The van der Waals surface area contributed by atoms with Crippen molar-refractivity contribution in [1.29, 1.82) is 0 Å². The largest absolute Gasteiger partial charge is 0.496 e. The molecule has 156 valence electrons. The third-order valence-corrected chi connectivity index (χ3v) is 6.08. The fraction of sp³-hybridized carbons (Fsp3) is 0.500. The first-order valence-corrected chi connectivity index (χ1v) is 10.6. The Bertz CT molecular complexity index is 833. The van der Waals surface area contributed by atoms with Crippen LogP contribution in [0.4, 0.5) is 0 Å². The minimum Gasteiger partial charge on any atom is -0.496 e. The van der Waals surface area contributed by atoms with Crippen molar-refractivity contribution in [2.45, 2.75) is 38.9 Å². The van der Waals surface area contributed by atoms with Crippen LogP contribution in [0.2, 0.25) is 0 Å². The van der Waals surface area contributed by atoms with E-state index in [2.05, 4.69) is 54.1 Å². The Morgan fingerprint density at radius 1 is 1.03 bits per heavy atom. The molecule has 0 amide bonds. The molecular weight excluding hydrogens is 364 g/mol. The van der Waals surface area contributed by atoms with Gasteiger partial charge in [-0.05, 0) is 75.3 Å². The minimum absolute atomic E-state index is 0.273. The summed E-state index contributed by atoms with van der Waals surface area (Å²) in [5, 5.41) is 0. The average molecular weight is 397 g/mol. The number of hydrogen-bond donors (Lipinski definition) is 0. The lowest BCUT2D eigenvalue weighted by Gasteiger charge is -2.27. The van der Waals surface area contributed by atoms with Gasteiger partial charge in [0.2, 0.25) is 0 Å². The first kappa shape index (κ1) is 20.0. The van der Waals surface area contributed by atoms with E-state index >= 15 is 0 Å². The van der Waals surface area contributed by atoms with Gasteiger partial charge in [0, 0.05) is 24.7 Å². The summed E-state index contributed by atoms with van der Waals surface area (Å²) in [7, 11) is 3.93. The van der Waals surface area contributed by atoms with E-state index < -0.39 is 0 Å². The lowest BCUT2D eigenvalue weighted by atomic mass is 10.0. The molecule has 0 N–H and O–H groups in total. The van der Waals surface area contributed by atoms with E-state index in [0.29, 0.717) is 13.2 Å². The maximum absolute atomic E-state index is 5.75. The van der Waals surface area contributed by atoms with Crippen LogP contribution in [0, 0.1) is 0 Å². The summed E-state index contributed by atoms with van der Waals surface area (Å²) in [5.41, 5.74) is 3.83. The van der Waals surface area contributed by atoms with Crippen LogP contribution in [-0.4, -0.2) is 50.3 Å². The molecule has 5 heteroatoms. The molecule has 1 atom stereocenters. The number of methoxy groups -OCH3 is 1. The van der Waals surface area contributed by atoms with Crippen LogP contribution in [-0.2, 0) is 13.1 Å². The highest BCUT2D eigenvalue weighted by atomic mass is 16.6. The third-order valence-electron chi connectivity index (χ3n) is 6.08. The number of fused-ring (bicyclic) bond motifs is 1. The van der Waals surface area contributed by atoms with Gasteiger partial charge in [-0.15, -0.1) is 0 Å². The highest BCUT2D eigenvalue weighted by Gasteiger charge is 2.19. The van der Waals surface area contributed by atoms with Gasteiger partial charge in [0.25, 0.3) is 0 Å². The Morgan fingerprint density at radius 2 is 1.79 bits per heavy atom. The van der Waals surface area contributed by atoms with Gasteiger partial charge in [0.15, 0.2) is 11.5 Å². The number of nitrogens with zero attached hydrogens (tertiary/aromatic N) is 2. The molecule has 0 aliphatic carbocycles. The van der Waals surface area contributed by atoms with Crippen molar-refractivity contribution in [1.82, 2.24) is 9.80 Å². The zero-order chi connectivity index (χ0) is 20.2. The van der Waals surface area contributed by atoms with Crippen LogP contribution < -0.4 is 14.2 Å². The molecule has 2 aliphatic heterocycles. The van der Waals surface area contributed by atoms with E-state index in [9.17, 15) is 0 Å². The highest BCUT2D eigenvalue weighted by Crippen LogP contribution is 2.34. The molecule has 1 unspecified atom stereocenters. The molecule has 4 rings (SSSR count). The summed E-state index contributed by atoms with van der Waals surface area (Å²) >= 11 is 0. The van der Waals surface area contributed by atoms with E-state index in [1.165, 1.54) is 42.6 Å². The molecule has 29 heavy (non-hydrogen) atoms. The minimum atomic E-state index is 0.273. The van der Waals surface area contributed by atoms with Crippen LogP contribution in [0.15, 0.2) is 36.4 Å². The van der Waals surface area contributed by atoms with Crippen LogP contribution in [0.25, 0.3) is 0 Å². The third kappa shape index (κ3) is 4.68. The summed E-state index contributed by atoms with van der Waals surface area (Å²) < 4.78 is 17.0. The van der Waals surface area contributed by atoms with Crippen LogP contribution in [0.5, 0.6) is 17.2 Å². The summed E-state index contributed by atoms with van der Waals surface area (Å²) in [5.74, 6) is 2.69. The predicted molar refractivity (Wildman–Crippen MR) is 115 cm³/mol. The predicted octanol–water partition coefficient (Wildman–Crippen LogP) is 4.26. The molecule has 0 saturated carbocycles. The second-order valence-corrected chi connectivity index (χ2v) is 8.12. The van der Waals surface area contributed by atoms with Crippen molar-refractivity contribution in [2.24, 2.45) is 0 Å². The van der Waals surface area contributed by atoms with Gasteiger partial charge in [0.05, 0.1) is 7.11 Å². The summed E-state index contributed by atoms with van der Waals surface area (Å²) in [6, 6.07) is 13.2. The zero-order valence-corrected chi connectivity index (χ0v) is 17.8. The normalized spacial score (nSPS) is 17.5. The van der Waals surface area contributed by atoms with Gasteiger partial charge in [-0.25, -0.2) is 0 Å². The topological polar surface area (TPSA) is 34.2 Å². The molecule has 0 spiro atoms. The Morgan fingerprint density at radius 3 is 2.55 bits per heavy atom. The van der Waals surface area contributed by atoms with Crippen molar-refractivity contribution >= 4 is 0 Å². The number of benzene rings is 2. The number of hydrogen-bond acceptors (Lipinski definition) is 5. The first-order valence-electron chi connectivity index (χ1n) is 10.6. The molecule has 2 heterocycles. The smallest absolute Gasteiger partial charge is 0.161 e. The lowest BCUT2D eigenvalue weighted by molar-refractivity contribution is 0.170. The second kappa shape index (κ2) is 9.06. The molecule has 1 fully saturated rings. The van der Waals surface area contributed by atoms with E-state index in [4.69, 9.17) is 14.2 Å². The molecule has 2 aromatic rings. The molecule has 2 aliphatic rings. The first-order chi connectivity index (χ1) is 14.1. The van der Waals surface area contributed by atoms with Crippen molar-refractivity contribution in [3.63, 3.8) is 0 Å². The molecule has 0 radical (unpaired) electrons. The van der Waals surface area contributed by atoms with E-state index in [1.807, 2.05) is 6.07 Å². The standard InChI is InChI=1S/C24H32N2O3/c1-18(20-7-9-23-24(15-20)29-13-12-28-23)25(2)16-19-6-8-22(27-3)21(14-19)17-26-10-4-5-11-26/h6-9,14-15,18H,4-5,10-13,16-17H2,1-3H3. The summed E-state index contributed by atoms with van der Waals surface area (Å²) in [6.45, 7) is 7.71. The van der Waals surface area contributed by atoms with Gasteiger partial charge in [-0.3, -0.25) is 9.80 Å². The lowest BCUT2D eigenvalue weighted by Crippen LogP contribution is -2.23. The average Bonchev–Trinajstić information content (AvgIpc) is 3.26. The molecular formula is C24H32N2O3. The Balaban J connectivity index is 1.46. The molecule has 0 bridgehead atoms. The molecule has 2 aromatic carbocycles. The van der Waals surface area contributed by atoms with Crippen LogP contribution >= 0.6 is 0 Å². The molecule has 5 nitrogen and oxygen atoms in total. The van der Waals surface area contributed by atoms with Gasteiger partial charge in [0.1, 0.15) is 19.0 Å². The Labute approximate surface area is 174 Å². The van der Waals surface area contributed by atoms with Crippen molar-refractivity contribution in [2.75, 3.05) is 40.5 Å². The van der Waals surface area contributed by atoms with Gasteiger partial charge < -0.3 is 14.2 Å². The van der Waals surface area contributed by atoms with Gasteiger partial charge in [-0.1, -0.05) is 12.1 Å². The Kier molecular flexibility index (Phi) is 6.26. The second-order valence-electron chi connectivity index (χ2n) is 8.12. The van der Waals surface area contributed by atoms with Crippen molar-refractivity contribution < 1.29 is 14.2 Å². The maximum atomic E-state index is 5.75. The van der Waals surface area contributed by atoms with Crippen LogP contribution in [0.3, 0.4) is 0 Å².